The minimum atomic E-state index is -5.00. The summed E-state index contributed by atoms with van der Waals surface area (Å²) in [5.74, 6) is -2.63. The molecule has 1 aliphatic rings. The number of piperidine rings is 1. The molecule has 0 saturated carbocycles. The number of ether oxygens (including phenoxy) is 1. The second-order valence-electron chi connectivity index (χ2n) is 7.57. The van der Waals surface area contributed by atoms with Gasteiger partial charge in [0.1, 0.15) is 5.60 Å². The molecule has 0 bridgehead atoms. The Balaban J connectivity index is 2.27. The molecule has 0 unspecified atom stereocenters. The van der Waals surface area contributed by atoms with Gasteiger partial charge >= 0.3 is 18.2 Å². The fourth-order valence-corrected chi connectivity index (χ4v) is 3.25. The SMILES string of the molecule is CC(C)(C)OC(=O)N1CC[C@@H](NC(=O)C(F)(F)F)[C@H](c2ccc(Cl)c(Cl)c2)C1. The molecule has 1 heterocycles. The van der Waals surface area contributed by atoms with Crippen molar-refractivity contribution in [2.24, 2.45) is 0 Å². The van der Waals surface area contributed by atoms with Crippen molar-refractivity contribution in [2.45, 2.75) is 50.9 Å². The van der Waals surface area contributed by atoms with Crippen LogP contribution in [0.3, 0.4) is 0 Å². The summed E-state index contributed by atoms with van der Waals surface area (Å²) in [5, 5.41) is 2.55. The van der Waals surface area contributed by atoms with E-state index in [4.69, 9.17) is 27.9 Å². The number of alkyl halides is 3. The van der Waals surface area contributed by atoms with Crippen LogP contribution in [0, 0.1) is 0 Å². The third kappa shape index (κ3) is 5.91. The van der Waals surface area contributed by atoms with Gasteiger partial charge in [-0.15, -0.1) is 0 Å². The molecule has 0 aromatic heterocycles. The first-order valence-electron chi connectivity index (χ1n) is 8.58. The van der Waals surface area contributed by atoms with Gasteiger partial charge in [0, 0.05) is 25.0 Å². The van der Waals surface area contributed by atoms with Gasteiger partial charge in [0.15, 0.2) is 0 Å². The van der Waals surface area contributed by atoms with Gasteiger partial charge < -0.3 is 15.0 Å². The molecule has 0 spiro atoms. The highest BCUT2D eigenvalue weighted by atomic mass is 35.5. The fourth-order valence-electron chi connectivity index (χ4n) is 2.95. The maximum Gasteiger partial charge on any atom is 0.471 e. The molecule has 1 aliphatic heterocycles. The molecule has 156 valence electrons. The molecular formula is C18H21Cl2F3N2O3. The van der Waals surface area contributed by atoms with Crippen molar-refractivity contribution in [3.63, 3.8) is 0 Å². The van der Waals surface area contributed by atoms with Crippen LogP contribution >= 0.6 is 23.2 Å². The Labute approximate surface area is 171 Å². The van der Waals surface area contributed by atoms with Crippen molar-refractivity contribution in [1.82, 2.24) is 10.2 Å². The van der Waals surface area contributed by atoms with E-state index < -0.39 is 35.7 Å². The number of nitrogens with zero attached hydrogens (tertiary/aromatic N) is 1. The molecule has 2 rings (SSSR count). The molecule has 1 aromatic rings. The first kappa shape index (κ1) is 22.6. The topological polar surface area (TPSA) is 58.6 Å². The third-order valence-corrected chi connectivity index (χ3v) is 4.95. The van der Waals surface area contributed by atoms with Crippen LogP contribution in [0.25, 0.3) is 0 Å². The Kier molecular flexibility index (Phi) is 6.76. The van der Waals surface area contributed by atoms with Gasteiger partial charge in [-0.3, -0.25) is 4.79 Å². The van der Waals surface area contributed by atoms with Gasteiger partial charge in [-0.1, -0.05) is 29.3 Å². The average Bonchev–Trinajstić information content (AvgIpc) is 2.55. The molecular weight excluding hydrogens is 420 g/mol. The molecule has 1 aromatic carbocycles. The van der Waals surface area contributed by atoms with Crippen molar-refractivity contribution in [3.05, 3.63) is 33.8 Å². The molecule has 0 radical (unpaired) electrons. The lowest BCUT2D eigenvalue weighted by Gasteiger charge is -2.39. The van der Waals surface area contributed by atoms with E-state index in [0.717, 1.165) is 0 Å². The zero-order chi connectivity index (χ0) is 21.3. The number of amides is 2. The molecule has 1 saturated heterocycles. The number of hydrogen-bond acceptors (Lipinski definition) is 3. The van der Waals surface area contributed by atoms with Crippen LogP contribution in [0.1, 0.15) is 38.7 Å². The molecule has 5 nitrogen and oxygen atoms in total. The zero-order valence-electron chi connectivity index (χ0n) is 15.6. The summed E-state index contributed by atoms with van der Waals surface area (Å²) >= 11 is 12.0. The van der Waals surface area contributed by atoms with Crippen LogP contribution in [0.5, 0.6) is 0 Å². The first-order valence-corrected chi connectivity index (χ1v) is 9.34. The maximum absolute atomic E-state index is 12.7. The van der Waals surface area contributed by atoms with Gasteiger partial charge in [0.05, 0.1) is 10.0 Å². The molecule has 1 fully saturated rings. The van der Waals surface area contributed by atoms with Crippen LogP contribution in [0.15, 0.2) is 18.2 Å². The van der Waals surface area contributed by atoms with E-state index in [1.165, 1.54) is 17.0 Å². The zero-order valence-corrected chi connectivity index (χ0v) is 17.1. The van der Waals surface area contributed by atoms with Crippen LogP contribution in [-0.4, -0.2) is 47.8 Å². The van der Waals surface area contributed by atoms with Gasteiger partial charge in [-0.05, 0) is 44.9 Å². The quantitative estimate of drug-likeness (QED) is 0.720. The second-order valence-corrected chi connectivity index (χ2v) is 8.39. The fraction of sp³-hybridized carbons (Fsp3) is 0.556. The van der Waals surface area contributed by atoms with Crippen LogP contribution < -0.4 is 5.32 Å². The van der Waals surface area contributed by atoms with Crippen molar-refractivity contribution < 1.29 is 27.5 Å². The average molecular weight is 441 g/mol. The minimum absolute atomic E-state index is 0.0652. The summed E-state index contributed by atoms with van der Waals surface area (Å²) in [6.07, 6.45) is -5.44. The largest absolute Gasteiger partial charge is 0.471 e. The van der Waals surface area contributed by atoms with Crippen molar-refractivity contribution in [1.29, 1.82) is 0 Å². The summed E-state index contributed by atoms with van der Waals surface area (Å²) in [6, 6.07) is 3.84. The van der Waals surface area contributed by atoms with Gasteiger partial charge in [-0.25, -0.2) is 4.79 Å². The maximum atomic E-state index is 12.7. The number of likely N-dealkylation sites (tertiary alicyclic amines) is 1. The highest BCUT2D eigenvalue weighted by Crippen LogP contribution is 2.33. The van der Waals surface area contributed by atoms with Crippen molar-refractivity contribution in [2.75, 3.05) is 13.1 Å². The minimum Gasteiger partial charge on any atom is -0.444 e. The summed E-state index contributed by atoms with van der Waals surface area (Å²) in [7, 11) is 0. The molecule has 10 heteroatoms. The second kappa shape index (κ2) is 8.37. The van der Waals surface area contributed by atoms with Crippen LogP contribution in [0.4, 0.5) is 18.0 Å². The van der Waals surface area contributed by atoms with E-state index in [9.17, 15) is 22.8 Å². The van der Waals surface area contributed by atoms with Crippen molar-refractivity contribution in [3.8, 4) is 0 Å². The number of carbonyl (C=O) groups is 2. The summed E-state index contributed by atoms with van der Waals surface area (Å²) in [5.41, 5.74) is -0.146. The Morgan fingerprint density at radius 3 is 2.36 bits per heavy atom. The Morgan fingerprint density at radius 1 is 1.18 bits per heavy atom. The first-order chi connectivity index (χ1) is 12.8. The van der Waals surface area contributed by atoms with Gasteiger partial charge in [0.2, 0.25) is 0 Å². The highest BCUT2D eigenvalue weighted by molar-refractivity contribution is 6.42. The van der Waals surface area contributed by atoms with Gasteiger partial charge in [0.25, 0.3) is 0 Å². The van der Waals surface area contributed by atoms with E-state index in [-0.39, 0.29) is 24.5 Å². The predicted octanol–water partition coefficient (Wildman–Crippen LogP) is 4.76. The molecule has 2 atom stereocenters. The number of rotatable bonds is 2. The predicted molar refractivity (Wildman–Crippen MR) is 99.6 cm³/mol. The molecule has 2 amide bonds. The number of halogens is 5. The number of benzene rings is 1. The van der Waals surface area contributed by atoms with E-state index >= 15 is 0 Å². The Morgan fingerprint density at radius 2 is 1.82 bits per heavy atom. The van der Waals surface area contributed by atoms with Crippen LogP contribution in [0.2, 0.25) is 10.0 Å². The highest BCUT2D eigenvalue weighted by Gasteiger charge is 2.43. The molecule has 0 aliphatic carbocycles. The van der Waals surface area contributed by atoms with E-state index in [2.05, 4.69) is 0 Å². The standard InChI is InChI=1S/C18H21Cl2F3N2O3/c1-17(2,3)28-16(27)25-7-6-14(24-15(26)18(21,22)23)11(9-25)10-4-5-12(19)13(20)8-10/h4-5,8,11,14H,6-7,9H2,1-3H3,(H,24,26)/t11-,14+/m0/s1. The number of nitrogens with one attached hydrogen (secondary N) is 1. The Bertz CT molecular complexity index is 751. The summed E-state index contributed by atoms with van der Waals surface area (Å²) in [4.78, 5) is 25.2. The normalized spacial score (nSPS) is 20.6. The van der Waals surface area contributed by atoms with Crippen molar-refractivity contribution >= 4 is 35.2 Å². The molecule has 1 N–H and O–H groups in total. The van der Waals surface area contributed by atoms with E-state index in [0.29, 0.717) is 10.6 Å². The lowest BCUT2D eigenvalue weighted by Crippen LogP contribution is -2.54. The monoisotopic (exact) mass is 440 g/mol. The lowest BCUT2D eigenvalue weighted by atomic mass is 9.86. The molecule has 28 heavy (non-hydrogen) atoms. The smallest absolute Gasteiger partial charge is 0.444 e. The summed E-state index contributed by atoms with van der Waals surface area (Å²) in [6.45, 7) is 5.37. The van der Waals surface area contributed by atoms with Crippen LogP contribution in [-0.2, 0) is 9.53 Å². The van der Waals surface area contributed by atoms with E-state index in [1.807, 2.05) is 5.32 Å². The van der Waals surface area contributed by atoms with Gasteiger partial charge in [-0.2, -0.15) is 13.2 Å². The number of carbonyl (C=O) groups excluding carboxylic acids is 2. The number of hydrogen-bond donors (Lipinski definition) is 1. The summed E-state index contributed by atoms with van der Waals surface area (Å²) < 4.78 is 43.5. The van der Waals surface area contributed by atoms with E-state index in [1.54, 1.807) is 26.8 Å². The lowest BCUT2D eigenvalue weighted by molar-refractivity contribution is -0.174. The Hall–Kier alpha value is -1.67. The third-order valence-electron chi connectivity index (χ3n) is 4.21.